The molecule has 0 radical (unpaired) electrons. The third-order valence-electron chi connectivity index (χ3n) is 5.83. The summed E-state index contributed by atoms with van der Waals surface area (Å²) in [4.78, 5) is 25.7. The van der Waals surface area contributed by atoms with Crippen molar-refractivity contribution in [2.24, 2.45) is 5.92 Å². The molecule has 3 heterocycles. The van der Waals surface area contributed by atoms with Crippen LogP contribution in [-0.2, 0) is 11.3 Å². The first-order chi connectivity index (χ1) is 15.4. The van der Waals surface area contributed by atoms with Crippen molar-refractivity contribution in [2.45, 2.75) is 26.9 Å². The first-order valence-electron chi connectivity index (χ1n) is 10.5. The van der Waals surface area contributed by atoms with Gasteiger partial charge >= 0.3 is 0 Å². The number of hydrogen-bond donors (Lipinski definition) is 1. The van der Waals surface area contributed by atoms with E-state index in [0.717, 1.165) is 40.3 Å². The number of anilines is 1. The molecule has 0 saturated carbocycles. The van der Waals surface area contributed by atoms with Crippen LogP contribution in [0.15, 0.2) is 18.2 Å². The largest absolute Gasteiger partial charge is 0.480 e. The number of halogens is 1. The minimum atomic E-state index is -0.0850. The maximum absolute atomic E-state index is 13.0. The van der Waals surface area contributed by atoms with E-state index in [1.807, 2.05) is 25.1 Å². The average Bonchev–Trinajstić information content (AvgIpc) is 3.38. The predicted octanol–water partition coefficient (Wildman–Crippen LogP) is 4.37. The molecule has 0 aliphatic carbocycles. The van der Waals surface area contributed by atoms with Gasteiger partial charge < -0.3 is 19.7 Å². The third kappa shape index (κ3) is 4.53. The molecule has 1 fully saturated rings. The fourth-order valence-electron chi connectivity index (χ4n) is 4.16. The summed E-state index contributed by atoms with van der Waals surface area (Å²) >= 11 is 7.55. The van der Waals surface area contributed by atoms with E-state index in [0.29, 0.717) is 29.0 Å². The zero-order chi connectivity index (χ0) is 22.8. The summed E-state index contributed by atoms with van der Waals surface area (Å²) in [6, 6.07) is 5.98. The number of ether oxygens (including phenoxy) is 2. The molecule has 1 unspecified atom stereocenters. The lowest BCUT2D eigenvalue weighted by molar-refractivity contribution is 0.0952. The predicted molar refractivity (Wildman–Crippen MR) is 128 cm³/mol. The van der Waals surface area contributed by atoms with Gasteiger partial charge in [0.25, 0.3) is 5.91 Å². The molecule has 1 saturated heterocycles. The lowest BCUT2D eigenvalue weighted by atomic mass is 10.1. The Hall–Kier alpha value is -2.42. The monoisotopic (exact) mass is 474 g/mol. The van der Waals surface area contributed by atoms with Crippen molar-refractivity contribution in [2.75, 3.05) is 38.8 Å². The van der Waals surface area contributed by atoms with Gasteiger partial charge in [-0.05, 0) is 49.4 Å². The number of carbonyl (C=O) groups excluding carboxylic acids is 1. The van der Waals surface area contributed by atoms with Crippen molar-refractivity contribution >= 4 is 44.7 Å². The highest BCUT2D eigenvalue weighted by Gasteiger charge is 2.26. The molecule has 7 nitrogen and oxygen atoms in total. The second-order valence-electron chi connectivity index (χ2n) is 8.06. The van der Waals surface area contributed by atoms with Gasteiger partial charge in [-0.2, -0.15) is 4.98 Å². The summed E-state index contributed by atoms with van der Waals surface area (Å²) in [5, 5.41) is 4.65. The Balaban J connectivity index is 1.45. The van der Waals surface area contributed by atoms with Gasteiger partial charge in [0.1, 0.15) is 11.4 Å². The molecular weight excluding hydrogens is 448 g/mol. The average molecular weight is 475 g/mol. The van der Waals surface area contributed by atoms with Crippen molar-refractivity contribution < 1.29 is 14.3 Å². The molecule has 170 valence electrons. The van der Waals surface area contributed by atoms with Gasteiger partial charge in [-0.25, -0.2) is 4.98 Å². The van der Waals surface area contributed by atoms with Crippen molar-refractivity contribution in [3.63, 3.8) is 0 Å². The standard InChI is InChI=1S/C23H27ClN4O3S/c1-13-5-6-16(24)9-17(13)28-8-7-15(11-28)10-25-21(29)20-14(2)19-22(31-4)26-18(12-30-3)27-23(19)32-20/h5-6,9,15H,7-8,10-12H2,1-4H3,(H,25,29). The van der Waals surface area contributed by atoms with Crippen LogP contribution >= 0.6 is 22.9 Å². The van der Waals surface area contributed by atoms with E-state index in [4.69, 9.17) is 21.1 Å². The number of benzene rings is 1. The molecule has 1 aromatic carbocycles. The Bertz CT molecular complexity index is 1150. The van der Waals surface area contributed by atoms with Crippen LogP contribution in [0.25, 0.3) is 10.2 Å². The zero-order valence-electron chi connectivity index (χ0n) is 18.7. The summed E-state index contributed by atoms with van der Waals surface area (Å²) < 4.78 is 10.6. The summed E-state index contributed by atoms with van der Waals surface area (Å²) in [6.45, 7) is 6.77. The van der Waals surface area contributed by atoms with Crippen molar-refractivity contribution in [3.05, 3.63) is 45.1 Å². The smallest absolute Gasteiger partial charge is 0.261 e. The SMILES string of the molecule is COCc1nc(OC)c2c(C)c(C(=O)NCC3CCN(c4cc(Cl)ccc4C)C3)sc2n1. The second kappa shape index (κ2) is 9.60. The van der Waals surface area contributed by atoms with Crippen LogP contribution in [0.5, 0.6) is 5.88 Å². The van der Waals surface area contributed by atoms with E-state index in [-0.39, 0.29) is 12.5 Å². The lowest BCUT2D eigenvalue weighted by Gasteiger charge is -2.21. The Morgan fingerprint density at radius 2 is 2.12 bits per heavy atom. The molecule has 4 rings (SSSR count). The molecule has 9 heteroatoms. The van der Waals surface area contributed by atoms with Crippen LogP contribution in [0.2, 0.25) is 5.02 Å². The normalized spacial score (nSPS) is 16.0. The molecule has 2 aromatic heterocycles. The Morgan fingerprint density at radius 1 is 1.31 bits per heavy atom. The number of rotatable bonds is 7. The van der Waals surface area contributed by atoms with Crippen molar-refractivity contribution in [1.82, 2.24) is 15.3 Å². The highest BCUT2D eigenvalue weighted by molar-refractivity contribution is 7.20. The fourth-order valence-corrected chi connectivity index (χ4v) is 5.43. The lowest BCUT2D eigenvalue weighted by Crippen LogP contribution is -2.31. The minimum Gasteiger partial charge on any atom is -0.480 e. The number of aryl methyl sites for hydroxylation is 2. The number of thiophene rings is 1. The number of fused-ring (bicyclic) bond motifs is 1. The third-order valence-corrected chi connectivity index (χ3v) is 7.24. The summed E-state index contributed by atoms with van der Waals surface area (Å²) in [5.41, 5.74) is 3.22. The molecule has 1 amide bonds. The number of amides is 1. The van der Waals surface area contributed by atoms with Gasteiger partial charge in [-0.15, -0.1) is 11.3 Å². The number of nitrogens with one attached hydrogen (secondary N) is 1. The molecule has 3 aromatic rings. The van der Waals surface area contributed by atoms with Crippen LogP contribution in [-0.4, -0.2) is 49.7 Å². The van der Waals surface area contributed by atoms with Gasteiger partial charge in [-0.1, -0.05) is 17.7 Å². The van der Waals surface area contributed by atoms with E-state index < -0.39 is 0 Å². The zero-order valence-corrected chi connectivity index (χ0v) is 20.3. The van der Waals surface area contributed by atoms with Gasteiger partial charge in [0.2, 0.25) is 5.88 Å². The summed E-state index contributed by atoms with van der Waals surface area (Å²) in [7, 11) is 3.17. The molecule has 0 bridgehead atoms. The molecular formula is C23H27ClN4O3S. The van der Waals surface area contributed by atoms with Crippen LogP contribution < -0.4 is 15.0 Å². The maximum Gasteiger partial charge on any atom is 0.261 e. The molecule has 32 heavy (non-hydrogen) atoms. The van der Waals surface area contributed by atoms with Gasteiger partial charge in [0, 0.05) is 37.5 Å². The first kappa shape index (κ1) is 22.8. The van der Waals surface area contributed by atoms with Crippen LogP contribution in [0.1, 0.15) is 33.0 Å². The van der Waals surface area contributed by atoms with Crippen molar-refractivity contribution in [1.29, 1.82) is 0 Å². The maximum atomic E-state index is 13.0. The molecule has 1 aliphatic heterocycles. The van der Waals surface area contributed by atoms with E-state index in [2.05, 4.69) is 27.1 Å². The Morgan fingerprint density at radius 3 is 2.88 bits per heavy atom. The summed E-state index contributed by atoms with van der Waals surface area (Å²) in [6.07, 6.45) is 1.03. The Labute approximate surface area is 196 Å². The van der Waals surface area contributed by atoms with E-state index in [9.17, 15) is 4.79 Å². The molecule has 0 spiro atoms. The molecule has 1 atom stereocenters. The highest BCUT2D eigenvalue weighted by Crippen LogP contribution is 2.35. The number of aromatic nitrogens is 2. The topological polar surface area (TPSA) is 76.6 Å². The fraction of sp³-hybridized carbons (Fsp3) is 0.435. The van der Waals surface area contributed by atoms with E-state index in [1.54, 1.807) is 14.2 Å². The van der Waals surface area contributed by atoms with Crippen LogP contribution in [0.3, 0.4) is 0 Å². The second-order valence-corrected chi connectivity index (χ2v) is 9.50. The number of nitrogens with zero attached hydrogens (tertiary/aromatic N) is 3. The van der Waals surface area contributed by atoms with Crippen LogP contribution in [0.4, 0.5) is 5.69 Å². The van der Waals surface area contributed by atoms with E-state index in [1.165, 1.54) is 22.6 Å². The first-order valence-corrected chi connectivity index (χ1v) is 11.7. The van der Waals surface area contributed by atoms with Crippen LogP contribution in [0, 0.1) is 19.8 Å². The minimum absolute atomic E-state index is 0.0850. The number of carbonyl (C=O) groups is 1. The number of methoxy groups -OCH3 is 2. The highest BCUT2D eigenvalue weighted by atomic mass is 35.5. The molecule has 1 N–H and O–H groups in total. The van der Waals surface area contributed by atoms with Gasteiger partial charge in [-0.3, -0.25) is 4.79 Å². The van der Waals surface area contributed by atoms with Gasteiger partial charge in [0.15, 0.2) is 5.82 Å². The Kier molecular flexibility index (Phi) is 6.83. The molecule has 1 aliphatic rings. The van der Waals surface area contributed by atoms with Crippen molar-refractivity contribution in [3.8, 4) is 5.88 Å². The summed E-state index contributed by atoms with van der Waals surface area (Å²) in [5.74, 6) is 1.30. The van der Waals surface area contributed by atoms with Gasteiger partial charge in [0.05, 0.1) is 17.4 Å². The number of hydrogen-bond acceptors (Lipinski definition) is 7. The quantitative estimate of drug-likeness (QED) is 0.547. The van der Waals surface area contributed by atoms with E-state index >= 15 is 0 Å².